The van der Waals surface area contributed by atoms with Gasteiger partial charge in [-0.05, 0) is 65.9 Å². The van der Waals surface area contributed by atoms with E-state index in [1.54, 1.807) is 12.1 Å². The first-order chi connectivity index (χ1) is 11.7. The number of hydrogen-bond donors (Lipinski definition) is 1. The highest BCUT2D eigenvalue weighted by molar-refractivity contribution is 14.1. The molecular formula is C19H15IN2O2. The fraction of sp³-hybridized carbons (Fsp3) is 0.105. The third-order valence-electron chi connectivity index (χ3n) is 4.14. The van der Waals surface area contributed by atoms with Gasteiger partial charge in [0.1, 0.15) is 0 Å². The van der Waals surface area contributed by atoms with Gasteiger partial charge >= 0.3 is 0 Å². The first-order valence-corrected chi connectivity index (χ1v) is 8.83. The second-order valence-corrected chi connectivity index (χ2v) is 6.61. The van der Waals surface area contributed by atoms with Crippen LogP contribution in [0.2, 0.25) is 0 Å². The Morgan fingerprint density at radius 2 is 1.88 bits per heavy atom. The number of nitrogens with one attached hydrogen (secondary N) is 1. The summed E-state index contributed by atoms with van der Waals surface area (Å²) in [5, 5.41) is 5.24. The summed E-state index contributed by atoms with van der Waals surface area (Å²) >= 11 is 2.04. The number of hydrogen-bond acceptors (Lipinski definition) is 2. The zero-order valence-electron chi connectivity index (χ0n) is 13.0. The molecule has 24 heavy (non-hydrogen) atoms. The summed E-state index contributed by atoms with van der Waals surface area (Å²) in [5.41, 5.74) is 3.14. The van der Waals surface area contributed by atoms with Gasteiger partial charge in [0.2, 0.25) is 0 Å². The molecule has 0 spiro atoms. The van der Waals surface area contributed by atoms with E-state index in [4.69, 9.17) is 4.42 Å². The number of aromatic nitrogens is 1. The monoisotopic (exact) mass is 430 g/mol. The molecule has 2 heterocycles. The number of furan rings is 1. The van der Waals surface area contributed by atoms with Gasteiger partial charge in [-0.2, -0.15) is 0 Å². The van der Waals surface area contributed by atoms with E-state index < -0.39 is 0 Å². The lowest BCUT2D eigenvalue weighted by molar-refractivity contribution is 0.0995. The van der Waals surface area contributed by atoms with Crippen molar-refractivity contribution >= 4 is 56.0 Å². The summed E-state index contributed by atoms with van der Waals surface area (Å²) in [6.07, 6.45) is 0. The lowest BCUT2D eigenvalue weighted by atomic mass is 10.1. The molecule has 0 aliphatic carbocycles. The molecule has 120 valence electrons. The Kier molecular flexibility index (Phi) is 3.80. The molecule has 0 aliphatic rings. The number of anilines is 1. The topological polar surface area (TPSA) is 47.2 Å². The molecular weight excluding hydrogens is 415 g/mol. The van der Waals surface area contributed by atoms with Crippen LogP contribution >= 0.6 is 22.6 Å². The zero-order chi connectivity index (χ0) is 16.7. The van der Waals surface area contributed by atoms with Crippen LogP contribution in [0.4, 0.5) is 5.69 Å². The van der Waals surface area contributed by atoms with E-state index in [-0.39, 0.29) is 5.91 Å². The highest BCUT2D eigenvalue weighted by Gasteiger charge is 2.13. The smallest absolute Gasteiger partial charge is 0.291 e. The van der Waals surface area contributed by atoms with E-state index in [9.17, 15) is 4.79 Å². The number of carbonyl (C=O) groups is 1. The van der Waals surface area contributed by atoms with Crippen LogP contribution in [-0.2, 0) is 6.54 Å². The molecule has 0 fully saturated rings. The van der Waals surface area contributed by atoms with Gasteiger partial charge in [0.15, 0.2) is 9.53 Å². The Morgan fingerprint density at radius 3 is 2.62 bits per heavy atom. The molecule has 1 amide bonds. The molecule has 0 saturated carbocycles. The molecule has 1 N–H and O–H groups in total. The maximum absolute atomic E-state index is 12.3. The van der Waals surface area contributed by atoms with Gasteiger partial charge in [-0.3, -0.25) is 4.79 Å². The summed E-state index contributed by atoms with van der Waals surface area (Å²) < 4.78 is 8.34. The summed E-state index contributed by atoms with van der Waals surface area (Å²) in [5.74, 6) is 0.0759. The van der Waals surface area contributed by atoms with Gasteiger partial charge in [-0.25, -0.2) is 0 Å². The predicted molar refractivity (Wildman–Crippen MR) is 104 cm³/mol. The van der Waals surface area contributed by atoms with Crippen molar-refractivity contribution in [2.45, 2.75) is 13.5 Å². The highest BCUT2D eigenvalue weighted by Crippen LogP contribution is 2.31. The second-order valence-electron chi connectivity index (χ2n) is 5.55. The third-order valence-corrected chi connectivity index (χ3v) is 4.72. The number of aryl methyl sites for hydroxylation is 1. The van der Waals surface area contributed by atoms with Crippen LogP contribution in [0.5, 0.6) is 0 Å². The number of benzene rings is 2. The maximum Gasteiger partial charge on any atom is 0.291 e. The minimum absolute atomic E-state index is 0.239. The standard InChI is InChI=1S/C19H15IN2O2/c1-2-22-15-6-4-3-5-13(15)14-11-12(7-8-16(14)22)21-19(23)17-9-10-18(20)24-17/h3-11H,2H2,1H3,(H,21,23). The first kappa shape index (κ1) is 15.3. The van der Waals surface area contributed by atoms with Crippen molar-refractivity contribution < 1.29 is 9.21 Å². The van der Waals surface area contributed by atoms with Gasteiger partial charge in [0, 0.05) is 34.0 Å². The molecule has 0 aliphatic heterocycles. The average Bonchev–Trinajstić information content (AvgIpc) is 3.16. The van der Waals surface area contributed by atoms with Gasteiger partial charge in [0.25, 0.3) is 5.91 Å². The van der Waals surface area contributed by atoms with E-state index in [1.165, 1.54) is 16.4 Å². The number of halogens is 1. The van der Waals surface area contributed by atoms with Crippen LogP contribution in [0.25, 0.3) is 21.8 Å². The van der Waals surface area contributed by atoms with Crippen molar-refractivity contribution in [2.24, 2.45) is 0 Å². The predicted octanol–water partition coefficient (Wildman–Crippen LogP) is 5.26. The Bertz CT molecular complexity index is 1060. The van der Waals surface area contributed by atoms with Gasteiger partial charge in [-0.1, -0.05) is 18.2 Å². The number of carbonyl (C=O) groups excluding carboxylic acids is 1. The van der Waals surface area contributed by atoms with E-state index in [2.05, 4.69) is 41.1 Å². The maximum atomic E-state index is 12.3. The van der Waals surface area contributed by atoms with Crippen LogP contribution in [0.3, 0.4) is 0 Å². The van der Waals surface area contributed by atoms with Crippen LogP contribution < -0.4 is 5.32 Å². The summed E-state index contributed by atoms with van der Waals surface area (Å²) in [6, 6.07) is 17.8. The molecule has 0 bridgehead atoms. The van der Waals surface area contributed by atoms with Crippen molar-refractivity contribution in [3.63, 3.8) is 0 Å². The van der Waals surface area contributed by atoms with Crippen LogP contribution in [-0.4, -0.2) is 10.5 Å². The molecule has 0 saturated heterocycles. The second kappa shape index (κ2) is 5.98. The first-order valence-electron chi connectivity index (χ1n) is 7.75. The number of nitrogens with zero attached hydrogens (tertiary/aromatic N) is 1. The molecule has 0 atom stereocenters. The summed E-state index contributed by atoms with van der Waals surface area (Å²) in [6.45, 7) is 3.04. The van der Waals surface area contributed by atoms with E-state index in [0.717, 1.165) is 17.6 Å². The van der Waals surface area contributed by atoms with Gasteiger partial charge in [0.05, 0.1) is 0 Å². The zero-order valence-corrected chi connectivity index (χ0v) is 15.2. The molecule has 2 aromatic heterocycles. The van der Waals surface area contributed by atoms with Crippen molar-refractivity contribution in [2.75, 3.05) is 5.32 Å². The van der Waals surface area contributed by atoms with Crippen molar-refractivity contribution in [1.82, 2.24) is 4.57 Å². The molecule has 4 rings (SSSR count). The van der Waals surface area contributed by atoms with Gasteiger partial charge in [-0.15, -0.1) is 0 Å². The average molecular weight is 430 g/mol. The Balaban J connectivity index is 1.78. The quantitative estimate of drug-likeness (QED) is 0.451. The number of fused-ring (bicyclic) bond motifs is 3. The Morgan fingerprint density at radius 1 is 1.08 bits per heavy atom. The molecule has 4 nitrogen and oxygen atoms in total. The summed E-state index contributed by atoms with van der Waals surface area (Å²) in [7, 11) is 0. The third kappa shape index (κ3) is 2.49. The highest BCUT2D eigenvalue weighted by atomic mass is 127. The molecule has 4 aromatic rings. The summed E-state index contributed by atoms with van der Waals surface area (Å²) in [4.78, 5) is 12.3. The van der Waals surface area contributed by atoms with Crippen LogP contribution in [0, 0.1) is 3.77 Å². The fourth-order valence-corrected chi connectivity index (χ4v) is 3.52. The van der Waals surface area contributed by atoms with Crippen LogP contribution in [0.15, 0.2) is 59.0 Å². The van der Waals surface area contributed by atoms with E-state index in [0.29, 0.717) is 9.53 Å². The molecule has 2 aromatic carbocycles. The van der Waals surface area contributed by atoms with Gasteiger partial charge < -0.3 is 14.3 Å². The Labute approximate surface area is 152 Å². The largest absolute Gasteiger partial charge is 0.445 e. The lowest BCUT2D eigenvalue weighted by Crippen LogP contribution is -2.10. The van der Waals surface area contributed by atoms with Crippen LogP contribution in [0.1, 0.15) is 17.5 Å². The Hall–Kier alpha value is -2.28. The normalized spacial score (nSPS) is 11.2. The van der Waals surface area contributed by atoms with Crippen molar-refractivity contribution in [3.8, 4) is 0 Å². The SMILES string of the molecule is CCn1c2ccccc2c2cc(NC(=O)c3ccc(I)o3)ccc21. The number of amides is 1. The molecule has 5 heteroatoms. The minimum atomic E-state index is -0.239. The molecule has 0 unspecified atom stereocenters. The fourth-order valence-electron chi connectivity index (χ4n) is 3.10. The minimum Gasteiger partial charge on any atom is -0.445 e. The molecule has 0 radical (unpaired) electrons. The lowest BCUT2D eigenvalue weighted by Gasteiger charge is -2.05. The number of rotatable bonds is 3. The van der Waals surface area contributed by atoms with E-state index in [1.807, 2.05) is 40.8 Å². The number of para-hydroxylation sites is 1. The van der Waals surface area contributed by atoms with E-state index >= 15 is 0 Å². The van der Waals surface area contributed by atoms with Crippen molar-refractivity contribution in [1.29, 1.82) is 0 Å². The van der Waals surface area contributed by atoms with Crippen molar-refractivity contribution in [3.05, 3.63) is 64.1 Å².